The molecule has 7 nitrogen and oxygen atoms in total. The Hall–Kier alpha value is -2.61. The zero-order valence-corrected chi connectivity index (χ0v) is 16.4. The molecule has 0 aromatic heterocycles. The fourth-order valence-corrected chi connectivity index (χ4v) is 2.83. The first-order chi connectivity index (χ1) is 13.5. The lowest BCUT2D eigenvalue weighted by Crippen LogP contribution is -2.32. The van der Waals surface area contributed by atoms with E-state index in [1.807, 2.05) is 42.3 Å². The van der Waals surface area contributed by atoms with Gasteiger partial charge in [-0.15, -0.1) is 0 Å². The van der Waals surface area contributed by atoms with Crippen LogP contribution in [0.2, 0.25) is 0 Å². The summed E-state index contributed by atoms with van der Waals surface area (Å²) in [5, 5.41) is 13.3. The van der Waals surface area contributed by atoms with E-state index >= 15 is 0 Å². The molecule has 0 radical (unpaired) electrons. The molecule has 0 spiro atoms. The zero-order valence-electron chi connectivity index (χ0n) is 16.4. The average molecular weight is 387 g/mol. The summed E-state index contributed by atoms with van der Waals surface area (Å²) >= 11 is 0. The van der Waals surface area contributed by atoms with Crippen LogP contribution in [0.25, 0.3) is 0 Å². The summed E-state index contributed by atoms with van der Waals surface area (Å²) in [4.78, 5) is 12.9. The molecule has 2 rings (SSSR count). The van der Waals surface area contributed by atoms with Gasteiger partial charge >= 0.3 is 0 Å². The Balaban J connectivity index is 1.86. The van der Waals surface area contributed by atoms with Gasteiger partial charge in [0.2, 0.25) is 5.91 Å². The first-order valence-corrected chi connectivity index (χ1v) is 9.17. The second-order valence-electron chi connectivity index (χ2n) is 6.70. The molecule has 2 aromatic carbocycles. The Kier molecular flexibility index (Phi) is 8.74. The van der Waals surface area contributed by atoms with Gasteiger partial charge in [-0.25, -0.2) is 0 Å². The van der Waals surface area contributed by atoms with Crippen LogP contribution in [0.15, 0.2) is 48.5 Å². The van der Waals surface area contributed by atoms with E-state index in [0.717, 1.165) is 12.1 Å². The summed E-state index contributed by atoms with van der Waals surface area (Å²) in [7, 11) is 3.53. The molecular weight excluding hydrogens is 358 g/mol. The predicted octanol–water partition coefficient (Wildman–Crippen LogP) is 1.14. The van der Waals surface area contributed by atoms with Crippen molar-refractivity contribution in [3.8, 4) is 11.5 Å². The van der Waals surface area contributed by atoms with Crippen LogP contribution in [0.1, 0.15) is 11.1 Å². The van der Waals surface area contributed by atoms with Crippen LogP contribution in [-0.4, -0.2) is 55.9 Å². The number of likely N-dealkylation sites (N-methyl/N-ethyl adjacent to an activating group) is 1. The molecule has 0 saturated heterocycles. The third kappa shape index (κ3) is 7.56. The Bertz CT molecular complexity index is 740. The highest BCUT2D eigenvalue weighted by Gasteiger charge is 2.12. The maximum Gasteiger partial charge on any atom is 0.231 e. The van der Waals surface area contributed by atoms with E-state index < -0.39 is 12.0 Å². The van der Waals surface area contributed by atoms with Crippen LogP contribution in [-0.2, 0) is 17.9 Å². The molecule has 0 heterocycles. The molecule has 1 atom stereocenters. The third-order valence-electron chi connectivity index (χ3n) is 4.11. The second-order valence-corrected chi connectivity index (χ2v) is 6.70. The molecular formula is C21H29N3O4. The number of ether oxygens (including phenoxy) is 2. The average Bonchev–Trinajstić information content (AvgIpc) is 2.67. The minimum Gasteiger partial charge on any atom is -0.493 e. The molecule has 0 bridgehead atoms. The minimum absolute atomic E-state index is 0.106. The summed E-state index contributed by atoms with van der Waals surface area (Å²) < 4.78 is 11.1. The highest BCUT2D eigenvalue weighted by atomic mass is 16.5. The first-order valence-electron chi connectivity index (χ1n) is 9.17. The number of hydrogen-bond donors (Lipinski definition) is 3. The fraction of sp³-hybridized carbons (Fsp3) is 0.381. The number of hydrogen-bond acceptors (Lipinski definition) is 6. The topological polar surface area (TPSA) is 97.0 Å². The van der Waals surface area contributed by atoms with Crippen molar-refractivity contribution in [2.75, 3.05) is 33.9 Å². The predicted molar refractivity (Wildman–Crippen MR) is 108 cm³/mol. The van der Waals surface area contributed by atoms with Crippen molar-refractivity contribution < 1.29 is 19.4 Å². The number of methoxy groups -OCH3 is 1. The SMILES string of the molecule is COc1ccc(CNCC(N)=O)cc1OC[C@@H](O)CN(C)Cc1ccccc1. The highest BCUT2D eigenvalue weighted by Crippen LogP contribution is 2.28. The number of nitrogens with one attached hydrogen (secondary N) is 1. The molecule has 2 aromatic rings. The molecule has 1 amide bonds. The van der Waals surface area contributed by atoms with Crippen LogP contribution in [0, 0.1) is 0 Å². The van der Waals surface area contributed by atoms with Gasteiger partial charge in [0.25, 0.3) is 0 Å². The quantitative estimate of drug-likeness (QED) is 0.505. The van der Waals surface area contributed by atoms with E-state index in [2.05, 4.69) is 17.4 Å². The fourth-order valence-electron chi connectivity index (χ4n) is 2.83. The van der Waals surface area contributed by atoms with Gasteiger partial charge in [-0.2, -0.15) is 0 Å². The van der Waals surface area contributed by atoms with E-state index in [9.17, 15) is 9.90 Å². The molecule has 0 aliphatic heterocycles. The Labute approximate surface area is 166 Å². The molecule has 0 unspecified atom stereocenters. The summed E-state index contributed by atoms with van der Waals surface area (Å²) in [5.41, 5.74) is 7.24. The van der Waals surface area contributed by atoms with Crippen molar-refractivity contribution in [3.05, 3.63) is 59.7 Å². The number of primary amides is 1. The van der Waals surface area contributed by atoms with Crippen molar-refractivity contribution >= 4 is 5.91 Å². The molecule has 28 heavy (non-hydrogen) atoms. The third-order valence-corrected chi connectivity index (χ3v) is 4.11. The van der Waals surface area contributed by atoms with Crippen LogP contribution >= 0.6 is 0 Å². The second kappa shape index (κ2) is 11.3. The lowest BCUT2D eigenvalue weighted by molar-refractivity contribution is -0.117. The van der Waals surface area contributed by atoms with Crippen molar-refractivity contribution in [1.29, 1.82) is 0 Å². The number of rotatable bonds is 12. The highest BCUT2D eigenvalue weighted by molar-refractivity contribution is 5.75. The molecule has 0 aliphatic rings. The number of aliphatic hydroxyl groups excluding tert-OH is 1. The van der Waals surface area contributed by atoms with Crippen molar-refractivity contribution in [1.82, 2.24) is 10.2 Å². The summed E-state index contributed by atoms with van der Waals surface area (Å²) in [6, 6.07) is 15.6. The van der Waals surface area contributed by atoms with Gasteiger partial charge in [-0.1, -0.05) is 36.4 Å². The number of nitrogens with two attached hydrogens (primary N) is 1. The lowest BCUT2D eigenvalue weighted by Gasteiger charge is -2.21. The van der Waals surface area contributed by atoms with Crippen LogP contribution in [0.5, 0.6) is 11.5 Å². The van der Waals surface area contributed by atoms with Crippen LogP contribution in [0.3, 0.4) is 0 Å². The molecule has 0 saturated carbocycles. The molecule has 4 N–H and O–H groups in total. The first kappa shape index (κ1) is 21.7. The Morgan fingerprint density at radius 3 is 2.61 bits per heavy atom. The van der Waals surface area contributed by atoms with Gasteiger partial charge in [-0.3, -0.25) is 9.69 Å². The van der Waals surface area contributed by atoms with Gasteiger partial charge in [-0.05, 0) is 30.3 Å². The smallest absolute Gasteiger partial charge is 0.231 e. The zero-order chi connectivity index (χ0) is 20.4. The lowest BCUT2D eigenvalue weighted by atomic mass is 10.2. The Morgan fingerprint density at radius 1 is 1.18 bits per heavy atom. The summed E-state index contributed by atoms with van der Waals surface area (Å²) in [5.74, 6) is 0.724. The number of amides is 1. The van der Waals surface area contributed by atoms with Gasteiger partial charge in [0.15, 0.2) is 11.5 Å². The van der Waals surface area contributed by atoms with E-state index in [1.165, 1.54) is 5.56 Å². The molecule has 0 aliphatic carbocycles. The molecule has 0 fully saturated rings. The van der Waals surface area contributed by atoms with E-state index in [-0.39, 0.29) is 13.2 Å². The number of carbonyl (C=O) groups is 1. The van der Waals surface area contributed by atoms with Gasteiger partial charge in [0.1, 0.15) is 12.7 Å². The van der Waals surface area contributed by atoms with Crippen LogP contribution in [0.4, 0.5) is 0 Å². The van der Waals surface area contributed by atoms with E-state index in [0.29, 0.717) is 24.6 Å². The number of carbonyl (C=O) groups excluding carboxylic acids is 1. The Morgan fingerprint density at radius 2 is 1.93 bits per heavy atom. The summed E-state index contributed by atoms with van der Waals surface area (Å²) in [6.45, 7) is 1.97. The largest absolute Gasteiger partial charge is 0.493 e. The normalized spacial score (nSPS) is 12.0. The van der Waals surface area contributed by atoms with Crippen LogP contribution < -0.4 is 20.5 Å². The molecule has 152 valence electrons. The number of nitrogens with zero attached hydrogens (tertiary/aromatic N) is 1. The van der Waals surface area contributed by atoms with Crippen molar-refractivity contribution in [2.45, 2.75) is 19.2 Å². The van der Waals surface area contributed by atoms with Gasteiger partial charge in [0, 0.05) is 19.6 Å². The van der Waals surface area contributed by atoms with Gasteiger partial charge in [0.05, 0.1) is 13.7 Å². The maximum absolute atomic E-state index is 10.8. The maximum atomic E-state index is 10.8. The monoisotopic (exact) mass is 387 g/mol. The number of aliphatic hydroxyl groups is 1. The number of benzene rings is 2. The summed E-state index contributed by atoms with van der Waals surface area (Å²) in [6.07, 6.45) is -0.643. The van der Waals surface area contributed by atoms with E-state index in [1.54, 1.807) is 13.2 Å². The van der Waals surface area contributed by atoms with Crippen molar-refractivity contribution in [3.63, 3.8) is 0 Å². The van der Waals surface area contributed by atoms with Gasteiger partial charge < -0.3 is 25.6 Å². The molecule has 7 heteroatoms. The minimum atomic E-state index is -0.643. The standard InChI is InChI=1S/C21H29N3O4/c1-24(13-16-6-4-3-5-7-16)14-18(25)15-28-20-10-17(8-9-19(20)27-2)11-23-12-21(22)26/h3-10,18,23,25H,11-15H2,1-2H3,(H2,22,26)/t18-/m0/s1. The van der Waals surface area contributed by atoms with Crippen molar-refractivity contribution in [2.24, 2.45) is 5.73 Å². The van der Waals surface area contributed by atoms with E-state index in [4.69, 9.17) is 15.2 Å².